The second kappa shape index (κ2) is 13.9. The van der Waals surface area contributed by atoms with Crippen molar-refractivity contribution in [3.05, 3.63) is 135 Å². The number of anilines is 1. The lowest BCUT2D eigenvalue weighted by Crippen LogP contribution is -2.18. The summed E-state index contributed by atoms with van der Waals surface area (Å²) in [4.78, 5) is 37.1. The second-order valence-electron chi connectivity index (χ2n) is 8.48. The van der Waals surface area contributed by atoms with Gasteiger partial charge in [0.15, 0.2) is 0 Å². The molecule has 0 aliphatic rings. The molecule has 4 aromatic rings. The Kier molecular flexibility index (Phi) is 9.83. The number of carbonyl (C=O) groups excluding carboxylic acids is 3. The van der Waals surface area contributed by atoms with Gasteiger partial charge in [0, 0.05) is 32.9 Å². The zero-order chi connectivity index (χ0) is 28.3. The first-order chi connectivity index (χ1) is 19.4. The highest BCUT2D eigenvalue weighted by Gasteiger charge is 2.09. The maximum atomic E-state index is 12.5. The summed E-state index contributed by atoms with van der Waals surface area (Å²) < 4.78 is 5.42. The molecule has 7 nitrogen and oxygen atoms in total. The summed E-state index contributed by atoms with van der Waals surface area (Å²) in [6.07, 6.45) is 4.46. The molecule has 0 fully saturated rings. The summed E-state index contributed by atoms with van der Waals surface area (Å²) in [6, 6.07) is 27.4. The molecular weight excluding hydrogens is 549 g/mol. The average molecular weight is 572 g/mol. The summed E-state index contributed by atoms with van der Waals surface area (Å²) in [7, 11) is 0. The zero-order valence-electron chi connectivity index (χ0n) is 21.0. The Labute approximate surface area is 241 Å². The van der Waals surface area contributed by atoms with Crippen molar-refractivity contribution in [1.82, 2.24) is 5.43 Å². The molecule has 0 aromatic heterocycles. The third kappa shape index (κ3) is 8.66. The first-order valence-electron chi connectivity index (χ1n) is 12.1. The third-order valence-electron chi connectivity index (χ3n) is 5.47. The summed E-state index contributed by atoms with van der Waals surface area (Å²) >= 11 is 12.0. The van der Waals surface area contributed by atoms with Crippen LogP contribution in [-0.4, -0.2) is 24.0 Å². The number of esters is 1. The van der Waals surface area contributed by atoms with Crippen LogP contribution in [0.4, 0.5) is 5.69 Å². The Morgan fingerprint density at radius 1 is 0.825 bits per heavy atom. The highest BCUT2D eigenvalue weighted by Crippen LogP contribution is 2.22. The minimum Gasteiger partial charge on any atom is -0.423 e. The molecule has 0 atom stereocenters. The van der Waals surface area contributed by atoms with Gasteiger partial charge in [-0.05, 0) is 71.8 Å². The fourth-order valence-corrected chi connectivity index (χ4v) is 3.82. The van der Waals surface area contributed by atoms with Gasteiger partial charge in [0.1, 0.15) is 5.75 Å². The van der Waals surface area contributed by atoms with E-state index in [-0.39, 0.29) is 18.1 Å². The van der Waals surface area contributed by atoms with Crippen molar-refractivity contribution >= 4 is 59.0 Å². The molecule has 0 saturated carbocycles. The van der Waals surface area contributed by atoms with Crippen LogP contribution in [0.3, 0.4) is 0 Å². The lowest BCUT2D eigenvalue weighted by molar-refractivity contribution is -0.128. The molecule has 200 valence electrons. The Morgan fingerprint density at radius 3 is 2.25 bits per heavy atom. The smallest absolute Gasteiger partial charge is 0.336 e. The van der Waals surface area contributed by atoms with Crippen molar-refractivity contribution in [2.45, 2.75) is 6.42 Å². The largest absolute Gasteiger partial charge is 0.423 e. The summed E-state index contributed by atoms with van der Waals surface area (Å²) in [5.41, 5.74) is 5.40. The number of nitrogens with zero attached hydrogens (tertiary/aromatic N) is 1. The number of carbonyl (C=O) groups is 3. The predicted octanol–water partition coefficient (Wildman–Crippen LogP) is 6.56. The second-order valence-corrected chi connectivity index (χ2v) is 9.35. The topological polar surface area (TPSA) is 96.9 Å². The van der Waals surface area contributed by atoms with E-state index in [0.29, 0.717) is 26.9 Å². The number of benzene rings is 4. The van der Waals surface area contributed by atoms with Crippen LogP contribution in [0.2, 0.25) is 10.0 Å². The van der Waals surface area contributed by atoms with E-state index in [1.54, 1.807) is 66.7 Å². The van der Waals surface area contributed by atoms with Crippen molar-refractivity contribution in [2.75, 3.05) is 5.32 Å². The Hall–Kier alpha value is -4.72. The molecule has 0 bridgehead atoms. The summed E-state index contributed by atoms with van der Waals surface area (Å²) in [5, 5.41) is 7.77. The Bertz CT molecular complexity index is 1550. The van der Waals surface area contributed by atoms with Gasteiger partial charge in [-0.15, -0.1) is 0 Å². The van der Waals surface area contributed by atoms with Crippen molar-refractivity contribution in [1.29, 1.82) is 0 Å². The third-order valence-corrected chi connectivity index (χ3v) is 5.96. The van der Waals surface area contributed by atoms with E-state index in [1.807, 2.05) is 30.3 Å². The van der Waals surface area contributed by atoms with Gasteiger partial charge in [-0.3, -0.25) is 9.59 Å². The molecule has 0 heterocycles. The van der Waals surface area contributed by atoms with Crippen LogP contribution in [0.1, 0.15) is 27.0 Å². The average Bonchev–Trinajstić information content (AvgIpc) is 2.95. The van der Waals surface area contributed by atoms with E-state index in [2.05, 4.69) is 15.8 Å². The fourth-order valence-electron chi connectivity index (χ4n) is 3.51. The lowest BCUT2D eigenvalue weighted by Gasteiger charge is -2.07. The summed E-state index contributed by atoms with van der Waals surface area (Å²) in [5.74, 6) is -1.02. The van der Waals surface area contributed by atoms with Gasteiger partial charge in [0.2, 0.25) is 5.91 Å². The molecular formula is C31H23Cl2N3O4. The lowest BCUT2D eigenvalue weighted by atomic mass is 10.1. The van der Waals surface area contributed by atoms with Crippen LogP contribution in [0.5, 0.6) is 5.75 Å². The van der Waals surface area contributed by atoms with Crippen LogP contribution in [0.15, 0.2) is 108 Å². The Morgan fingerprint density at radius 2 is 1.52 bits per heavy atom. The van der Waals surface area contributed by atoms with Gasteiger partial charge in [-0.25, -0.2) is 10.2 Å². The van der Waals surface area contributed by atoms with E-state index in [4.69, 9.17) is 27.9 Å². The van der Waals surface area contributed by atoms with Gasteiger partial charge in [0.25, 0.3) is 5.91 Å². The normalized spacial score (nSPS) is 10.9. The number of ether oxygens (including phenoxy) is 1. The van der Waals surface area contributed by atoms with E-state index in [9.17, 15) is 14.4 Å². The van der Waals surface area contributed by atoms with Crippen molar-refractivity contribution in [3.8, 4) is 5.75 Å². The maximum absolute atomic E-state index is 12.5. The Balaban J connectivity index is 1.33. The maximum Gasteiger partial charge on any atom is 0.336 e. The molecule has 0 unspecified atom stereocenters. The number of halogens is 2. The number of amides is 2. The van der Waals surface area contributed by atoms with Crippen molar-refractivity contribution in [2.24, 2.45) is 5.10 Å². The molecule has 40 heavy (non-hydrogen) atoms. The van der Waals surface area contributed by atoms with Gasteiger partial charge in [-0.2, -0.15) is 5.10 Å². The quantitative estimate of drug-likeness (QED) is 0.0781. The number of hydrazone groups is 1. The molecule has 0 radical (unpaired) electrons. The number of hydrogen-bond donors (Lipinski definition) is 2. The molecule has 2 amide bonds. The van der Waals surface area contributed by atoms with Gasteiger partial charge < -0.3 is 10.1 Å². The van der Waals surface area contributed by atoms with Gasteiger partial charge in [0.05, 0.1) is 12.6 Å². The minimum atomic E-state index is -0.605. The molecule has 0 aliphatic heterocycles. The first kappa shape index (κ1) is 28.3. The van der Waals surface area contributed by atoms with Crippen molar-refractivity contribution < 1.29 is 19.1 Å². The number of hydrogen-bond acceptors (Lipinski definition) is 5. The van der Waals surface area contributed by atoms with E-state index < -0.39 is 11.9 Å². The van der Waals surface area contributed by atoms with Crippen LogP contribution < -0.4 is 15.5 Å². The SMILES string of the molecule is O=C(Cc1ccccc1)Nc1ccc(C(=O)N/N=C/c2cc(Cl)ccc2OC(=O)/C=C/c2ccc(Cl)cc2)cc1. The fraction of sp³-hybridized carbons (Fsp3) is 0.0323. The predicted molar refractivity (Wildman–Crippen MR) is 158 cm³/mol. The number of nitrogens with one attached hydrogen (secondary N) is 2. The first-order valence-corrected chi connectivity index (χ1v) is 12.8. The van der Waals surface area contributed by atoms with E-state index in [1.165, 1.54) is 18.4 Å². The van der Waals surface area contributed by atoms with Crippen LogP contribution in [0.25, 0.3) is 6.08 Å². The van der Waals surface area contributed by atoms with Gasteiger partial charge in [-0.1, -0.05) is 65.7 Å². The highest BCUT2D eigenvalue weighted by atomic mass is 35.5. The van der Waals surface area contributed by atoms with E-state index in [0.717, 1.165) is 11.1 Å². The van der Waals surface area contributed by atoms with E-state index >= 15 is 0 Å². The molecule has 2 N–H and O–H groups in total. The molecule has 4 rings (SSSR count). The minimum absolute atomic E-state index is 0.161. The van der Waals surface area contributed by atoms with Crippen LogP contribution in [-0.2, 0) is 16.0 Å². The summed E-state index contributed by atoms with van der Waals surface area (Å²) in [6.45, 7) is 0. The molecule has 0 spiro atoms. The molecule has 4 aromatic carbocycles. The molecule has 0 aliphatic carbocycles. The molecule has 0 saturated heterocycles. The number of rotatable bonds is 9. The monoisotopic (exact) mass is 571 g/mol. The molecule has 9 heteroatoms. The standard InChI is InChI=1S/C31H23Cl2N3O4/c32-25-11-6-21(7-12-25)8-17-30(38)40-28-16-13-26(33)19-24(28)20-34-36-31(39)23-9-14-27(15-10-23)35-29(37)18-22-4-2-1-3-5-22/h1-17,19-20H,18H2,(H,35,37)(H,36,39)/b17-8+,34-20+. The highest BCUT2D eigenvalue weighted by molar-refractivity contribution is 6.31. The van der Waals surface area contributed by atoms with Crippen LogP contribution in [0, 0.1) is 0 Å². The van der Waals surface area contributed by atoms with Gasteiger partial charge >= 0.3 is 5.97 Å². The zero-order valence-corrected chi connectivity index (χ0v) is 22.5. The van der Waals surface area contributed by atoms with Crippen molar-refractivity contribution in [3.63, 3.8) is 0 Å². The van der Waals surface area contributed by atoms with Crippen LogP contribution >= 0.6 is 23.2 Å².